The molecule has 0 amide bonds. The molecule has 0 bridgehead atoms. The van der Waals surface area contributed by atoms with Gasteiger partial charge in [-0.3, -0.25) is 4.79 Å². The highest BCUT2D eigenvalue weighted by atomic mass is 16.5. The van der Waals surface area contributed by atoms with Gasteiger partial charge in [0.15, 0.2) is 0 Å². The lowest BCUT2D eigenvalue weighted by atomic mass is 9.78. The number of likely N-dealkylation sites (N-methyl/N-ethyl adjacent to an activating group) is 1. The van der Waals surface area contributed by atoms with Gasteiger partial charge in [0.25, 0.3) is 0 Å². The number of carboxylic acids is 1. The Bertz CT molecular complexity index is 320. The first-order chi connectivity index (χ1) is 9.48. The number of aliphatic carboxylic acids is 1. The van der Waals surface area contributed by atoms with Gasteiger partial charge in [0, 0.05) is 19.7 Å². The number of carboxylic acid groups (broad SMARTS) is 1. The molecule has 0 radical (unpaired) electrons. The number of hydrogen-bond acceptors (Lipinski definition) is 4. The van der Waals surface area contributed by atoms with Crippen molar-refractivity contribution in [2.45, 2.75) is 56.7 Å². The van der Waals surface area contributed by atoms with Crippen LogP contribution in [0.1, 0.15) is 44.9 Å². The van der Waals surface area contributed by atoms with Crippen LogP contribution in [0.3, 0.4) is 0 Å². The summed E-state index contributed by atoms with van der Waals surface area (Å²) in [6.07, 6.45) is 6.10. The van der Waals surface area contributed by atoms with Crippen molar-refractivity contribution in [1.82, 2.24) is 4.90 Å². The van der Waals surface area contributed by atoms with E-state index in [0.29, 0.717) is 32.2 Å². The van der Waals surface area contributed by atoms with Crippen LogP contribution in [0.15, 0.2) is 0 Å². The average Bonchev–Trinajstić information content (AvgIpc) is 2.39. The molecule has 0 aromatic heterocycles. The first-order valence-electron chi connectivity index (χ1n) is 7.74. The molecule has 0 aromatic carbocycles. The topological polar surface area (TPSA) is 70.0 Å². The molecule has 2 rings (SSSR count). The first kappa shape index (κ1) is 15.7. The summed E-state index contributed by atoms with van der Waals surface area (Å²) in [7, 11) is 2.01. The first-order valence-corrected chi connectivity index (χ1v) is 7.74. The van der Waals surface area contributed by atoms with Crippen molar-refractivity contribution in [2.75, 3.05) is 26.7 Å². The van der Waals surface area contributed by atoms with Crippen molar-refractivity contribution in [1.29, 1.82) is 0 Å². The molecule has 116 valence electrons. The van der Waals surface area contributed by atoms with Gasteiger partial charge in [0.1, 0.15) is 0 Å². The Balaban J connectivity index is 1.75. The minimum atomic E-state index is -0.727. The monoisotopic (exact) mass is 285 g/mol. The van der Waals surface area contributed by atoms with Crippen molar-refractivity contribution in [3.8, 4) is 0 Å². The number of carbonyl (C=O) groups is 1. The van der Waals surface area contributed by atoms with E-state index < -0.39 is 11.6 Å². The van der Waals surface area contributed by atoms with Crippen LogP contribution in [0.2, 0.25) is 0 Å². The van der Waals surface area contributed by atoms with E-state index in [0.717, 1.165) is 26.0 Å². The molecular formula is C15H27NO4. The molecule has 1 aliphatic carbocycles. The maximum Gasteiger partial charge on any atom is 0.306 e. The van der Waals surface area contributed by atoms with Gasteiger partial charge in [0.05, 0.1) is 17.6 Å². The van der Waals surface area contributed by atoms with E-state index in [9.17, 15) is 9.90 Å². The van der Waals surface area contributed by atoms with Crippen LogP contribution in [0.5, 0.6) is 0 Å². The van der Waals surface area contributed by atoms with Gasteiger partial charge in [-0.2, -0.15) is 0 Å². The second-order valence-corrected chi connectivity index (χ2v) is 6.52. The Morgan fingerprint density at radius 1 is 1.30 bits per heavy atom. The molecule has 1 heterocycles. The lowest BCUT2D eigenvalue weighted by Gasteiger charge is -2.38. The van der Waals surface area contributed by atoms with Crippen molar-refractivity contribution < 1.29 is 19.7 Å². The molecule has 2 fully saturated rings. The van der Waals surface area contributed by atoms with Crippen LogP contribution >= 0.6 is 0 Å². The summed E-state index contributed by atoms with van der Waals surface area (Å²) >= 11 is 0. The fourth-order valence-electron chi connectivity index (χ4n) is 3.43. The molecule has 2 N–H and O–H groups in total. The number of rotatable bonds is 5. The van der Waals surface area contributed by atoms with Gasteiger partial charge in [0.2, 0.25) is 0 Å². The predicted octanol–water partition coefficient (Wildman–Crippen LogP) is 1.49. The molecule has 5 heteroatoms. The van der Waals surface area contributed by atoms with Gasteiger partial charge in [-0.25, -0.2) is 0 Å². The van der Waals surface area contributed by atoms with E-state index in [1.165, 1.54) is 6.42 Å². The molecule has 1 aliphatic heterocycles. The summed E-state index contributed by atoms with van der Waals surface area (Å²) in [5.41, 5.74) is -0.727. The van der Waals surface area contributed by atoms with Gasteiger partial charge in [-0.15, -0.1) is 0 Å². The number of nitrogens with zero attached hydrogens (tertiary/aromatic N) is 1. The van der Waals surface area contributed by atoms with Crippen LogP contribution < -0.4 is 0 Å². The Hall–Kier alpha value is -0.650. The number of hydrogen-bond donors (Lipinski definition) is 2. The molecular weight excluding hydrogens is 258 g/mol. The van der Waals surface area contributed by atoms with E-state index in [1.807, 2.05) is 7.05 Å². The molecule has 2 aliphatic rings. The minimum Gasteiger partial charge on any atom is -0.481 e. The van der Waals surface area contributed by atoms with Crippen LogP contribution in [0.25, 0.3) is 0 Å². The summed E-state index contributed by atoms with van der Waals surface area (Å²) < 4.78 is 5.72. The van der Waals surface area contributed by atoms with Gasteiger partial charge >= 0.3 is 5.97 Å². The van der Waals surface area contributed by atoms with Crippen molar-refractivity contribution in [3.05, 3.63) is 0 Å². The highest BCUT2D eigenvalue weighted by molar-refractivity contribution is 5.70. The van der Waals surface area contributed by atoms with Crippen LogP contribution in [0, 0.1) is 5.92 Å². The fraction of sp³-hybridized carbons (Fsp3) is 0.933. The van der Waals surface area contributed by atoms with E-state index in [-0.39, 0.29) is 12.0 Å². The van der Waals surface area contributed by atoms with Crippen LogP contribution in [0.4, 0.5) is 0 Å². The van der Waals surface area contributed by atoms with Crippen molar-refractivity contribution in [2.24, 2.45) is 5.92 Å². The number of ether oxygens (including phenoxy) is 1. The Kier molecular flexibility index (Phi) is 5.41. The standard InChI is InChI=1S/C15H27NO4/c1-16(10-13-4-2-3-9-20-13)11-15(19)7-5-12(6-8-15)14(17)18/h12-13,19H,2-11H2,1H3,(H,17,18). The Labute approximate surface area is 120 Å². The van der Waals surface area contributed by atoms with E-state index in [4.69, 9.17) is 9.84 Å². The summed E-state index contributed by atoms with van der Waals surface area (Å²) in [5.74, 6) is -1.00. The third-order valence-electron chi connectivity index (χ3n) is 4.62. The summed E-state index contributed by atoms with van der Waals surface area (Å²) in [6.45, 7) is 2.31. The van der Waals surface area contributed by atoms with Crippen molar-refractivity contribution in [3.63, 3.8) is 0 Å². The zero-order valence-electron chi connectivity index (χ0n) is 12.4. The molecule has 1 saturated carbocycles. The van der Waals surface area contributed by atoms with Gasteiger partial charge in [-0.1, -0.05) is 0 Å². The normalized spacial score (nSPS) is 35.1. The lowest BCUT2D eigenvalue weighted by Crippen LogP contribution is -2.47. The molecule has 0 spiro atoms. The summed E-state index contributed by atoms with van der Waals surface area (Å²) in [5, 5.41) is 19.6. The molecule has 5 nitrogen and oxygen atoms in total. The third-order valence-corrected chi connectivity index (χ3v) is 4.62. The van der Waals surface area contributed by atoms with Gasteiger partial charge < -0.3 is 19.8 Å². The van der Waals surface area contributed by atoms with E-state index in [2.05, 4.69) is 4.90 Å². The highest BCUT2D eigenvalue weighted by Gasteiger charge is 2.36. The molecule has 1 saturated heterocycles. The maximum absolute atomic E-state index is 10.9. The van der Waals surface area contributed by atoms with Crippen LogP contribution in [-0.4, -0.2) is 59.5 Å². The fourth-order valence-corrected chi connectivity index (χ4v) is 3.43. The van der Waals surface area contributed by atoms with Crippen molar-refractivity contribution >= 4 is 5.97 Å². The maximum atomic E-state index is 10.9. The van der Waals surface area contributed by atoms with Crippen LogP contribution in [-0.2, 0) is 9.53 Å². The van der Waals surface area contributed by atoms with E-state index in [1.54, 1.807) is 0 Å². The highest BCUT2D eigenvalue weighted by Crippen LogP contribution is 2.32. The zero-order valence-corrected chi connectivity index (χ0v) is 12.4. The molecule has 1 atom stereocenters. The lowest BCUT2D eigenvalue weighted by molar-refractivity contribution is -0.145. The quantitative estimate of drug-likeness (QED) is 0.801. The SMILES string of the molecule is CN(CC1CCCCO1)CC1(O)CCC(C(=O)O)CC1. The molecule has 0 aromatic rings. The largest absolute Gasteiger partial charge is 0.481 e. The Morgan fingerprint density at radius 3 is 2.55 bits per heavy atom. The minimum absolute atomic E-state index is 0.276. The zero-order chi connectivity index (χ0) is 14.6. The average molecular weight is 285 g/mol. The van der Waals surface area contributed by atoms with E-state index >= 15 is 0 Å². The second kappa shape index (κ2) is 6.87. The number of aliphatic hydroxyl groups is 1. The third kappa shape index (κ3) is 4.43. The summed E-state index contributed by atoms with van der Waals surface area (Å²) in [4.78, 5) is 13.1. The summed E-state index contributed by atoms with van der Waals surface area (Å²) in [6, 6.07) is 0. The van der Waals surface area contributed by atoms with Gasteiger partial charge in [-0.05, 0) is 52.0 Å². The smallest absolute Gasteiger partial charge is 0.306 e. The molecule has 1 unspecified atom stereocenters. The second-order valence-electron chi connectivity index (χ2n) is 6.52. The predicted molar refractivity (Wildman–Crippen MR) is 75.6 cm³/mol. The molecule has 20 heavy (non-hydrogen) atoms. The Morgan fingerprint density at radius 2 is 2.00 bits per heavy atom.